The number of nitrogens with one attached hydrogen (secondary N) is 1. The molecule has 0 unspecified atom stereocenters. The zero-order chi connectivity index (χ0) is 15.5. The van der Waals surface area contributed by atoms with Gasteiger partial charge in [-0.05, 0) is 62.5 Å². The second-order valence-electron chi connectivity index (χ2n) is 4.48. The lowest BCUT2D eigenvalue weighted by atomic mass is 10.2. The van der Waals surface area contributed by atoms with Gasteiger partial charge in [-0.3, -0.25) is 0 Å². The van der Waals surface area contributed by atoms with Crippen LogP contribution in [0.2, 0.25) is 0 Å². The summed E-state index contributed by atoms with van der Waals surface area (Å²) in [7, 11) is 1.69. The lowest BCUT2D eigenvalue weighted by molar-refractivity contribution is 0.0803. The summed E-state index contributed by atoms with van der Waals surface area (Å²) in [6, 6.07) is 4.14. The molecule has 1 aromatic carbocycles. The van der Waals surface area contributed by atoms with Crippen molar-refractivity contribution >= 4 is 31.9 Å². The van der Waals surface area contributed by atoms with Crippen LogP contribution in [0.15, 0.2) is 21.1 Å². The first kappa shape index (κ1) is 18.9. The van der Waals surface area contributed by atoms with E-state index in [9.17, 15) is 0 Å². The Bertz CT molecular complexity index is 393. The molecule has 0 radical (unpaired) electrons. The van der Waals surface area contributed by atoms with E-state index in [-0.39, 0.29) is 0 Å². The number of halogens is 2. The van der Waals surface area contributed by atoms with Gasteiger partial charge in [-0.25, -0.2) is 0 Å². The Balaban J connectivity index is 2.37. The maximum absolute atomic E-state index is 5.76. The number of hydrogen-bond donors (Lipinski definition) is 1. The first-order valence-electron chi connectivity index (χ1n) is 7.07. The standard InChI is InChI=1S/C15H23Br2NO3/c1-3-18-11-12-9-13(16)15(14(17)10-12)21-8-7-20-6-4-5-19-2/h9-10,18H,3-8,11H2,1-2H3. The van der Waals surface area contributed by atoms with Crippen LogP contribution in [0.5, 0.6) is 5.75 Å². The second-order valence-corrected chi connectivity index (χ2v) is 6.18. The molecule has 0 aromatic heterocycles. The van der Waals surface area contributed by atoms with Crippen molar-refractivity contribution in [2.24, 2.45) is 0 Å². The van der Waals surface area contributed by atoms with E-state index in [4.69, 9.17) is 14.2 Å². The van der Waals surface area contributed by atoms with Gasteiger partial charge in [0.2, 0.25) is 0 Å². The average molecular weight is 425 g/mol. The predicted octanol–water partition coefficient (Wildman–Crippen LogP) is 3.75. The van der Waals surface area contributed by atoms with Crippen LogP contribution in [0, 0.1) is 0 Å². The van der Waals surface area contributed by atoms with Crippen molar-refractivity contribution in [3.8, 4) is 5.75 Å². The maximum Gasteiger partial charge on any atom is 0.147 e. The van der Waals surface area contributed by atoms with Gasteiger partial charge < -0.3 is 19.5 Å². The first-order valence-corrected chi connectivity index (χ1v) is 8.65. The average Bonchev–Trinajstić information content (AvgIpc) is 2.46. The Labute approximate surface area is 143 Å². The summed E-state index contributed by atoms with van der Waals surface area (Å²) < 4.78 is 18.1. The monoisotopic (exact) mass is 423 g/mol. The van der Waals surface area contributed by atoms with Crippen LogP contribution in [-0.4, -0.2) is 40.1 Å². The molecule has 0 saturated carbocycles. The molecule has 0 amide bonds. The highest BCUT2D eigenvalue weighted by Crippen LogP contribution is 2.34. The zero-order valence-electron chi connectivity index (χ0n) is 12.6. The fourth-order valence-electron chi connectivity index (χ4n) is 1.73. The van der Waals surface area contributed by atoms with Crippen LogP contribution in [0.4, 0.5) is 0 Å². The fraction of sp³-hybridized carbons (Fsp3) is 0.600. The first-order chi connectivity index (χ1) is 10.2. The van der Waals surface area contributed by atoms with Crippen LogP contribution in [0.3, 0.4) is 0 Å². The van der Waals surface area contributed by atoms with Crippen LogP contribution in [0.1, 0.15) is 18.9 Å². The van der Waals surface area contributed by atoms with E-state index in [1.165, 1.54) is 5.56 Å². The lowest BCUT2D eigenvalue weighted by Gasteiger charge is -2.13. The van der Waals surface area contributed by atoms with Gasteiger partial charge in [0.1, 0.15) is 12.4 Å². The molecular formula is C15H23Br2NO3. The topological polar surface area (TPSA) is 39.7 Å². The summed E-state index contributed by atoms with van der Waals surface area (Å²) in [5.74, 6) is 0.815. The molecule has 4 nitrogen and oxygen atoms in total. The molecule has 0 saturated heterocycles. The molecule has 0 aliphatic rings. The van der Waals surface area contributed by atoms with Gasteiger partial charge in [0.15, 0.2) is 0 Å². The fourth-order valence-corrected chi connectivity index (χ4v) is 3.24. The van der Waals surface area contributed by atoms with Crippen molar-refractivity contribution in [3.05, 3.63) is 26.6 Å². The summed E-state index contributed by atoms with van der Waals surface area (Å²) in [5.41, 5.74) is 1.21. The third-order valence-corrected chi connectivity index (χ3v) is 3.93. The van der Waals surface area contributed by atoms with Crippen molar-refractivity contribution in [2.75, 3.05) is 40.1 Å². The van der Waals surface area contributed by atoms with Crippen molar-refractivity contribution < 1.29 is 14.2 Å². The van der Waals surface area contributed by atoms with E-state index in [0.717, 1.165) is 40.8 Å². The van der Waals surface area contributed by atoms with Gasteiger partial charge in [-0.2, -0.15) is 0 Å². The Morgan fingerprint density at radius 1 is 1.05 bits per heavy atom. The van der Waals surface area contributed by atoms with Crippen molar-refractivity contribution in [2.45, 2.75) is 19.9 Å². The van der Waals surface area contributed by atoms with E-state index in [2.05, 4.69) is 56.2 Å². The molecule has 1 N–H and O–H groups in total. The molecule has 6 heteroatoms. The predicted molar refractivity (Wildman–Crippen MR) is 92.0 cm³/mol. The van der Waals surface area contributed by atoms with Gasteiger partial charge in [0.05, 0.1) is 15.6 Å². The minimum atomic E-state index is 0.525. The van der Waals surface area contributed by atoms with E-state index >= 15 is 0 Å². The Morgan fingerprint density at radius 2 is 1.76 bits per heavy atom. The molecule has 0 fully saturated rings. The van der Waals surface area contributed by atoms with E-state index in [1.807, 2.05) is 0 Å². The van der Waals surface area contributed by atoms with Crippen LogP contribution in [-0.2, 0) is 16.0 Å². The van der Waals surface area contributed by atoms with Gasteiger partial charge in [0, 0.05) is 26.9 Å². The third kappa shape index (κ3) is 7.61. The molecule has 1 rings (SSSR count). The molecule has 0 bridgehead atoms. The summed E-state index contributed by atoms with van der Waals surface area (Å²) in [4.78, 5) is 0. The quantitative estimate of drug-likeness (QED) is 0.549. The van der Waals surface area contributed by atoms with Gasteiger partial charge in [-0.15, -0.1) is 0 Å². The lowest BCUT2D eigenvalue weighted by Crippen LogP contribution is -2.12. The molecule has 0 aliphatic heterocycles. The third-order valence-electron chi connectivity index (χ3n) is 2.75. The normalized spacial score (nSPS) is 10.9. The van der Waals surface area contributed by atoms with E-state index < -0.39 is 0 Å². The number of hydrogen-bond acceptors (Lipinski definition) is 4. The van der Waals surface area contributed by atoms with E-state index in [1.54, 1.807) is 7.11 Å². The summed E-state index contributed by atoms with van der Waals surface area (Å²) in [6.07, 6.45) is 0.906. The highest BCUT2D eigenvalue weighted by Gasteiger charge is 2.09. The minimum absolute atomic E-state index is 0.525. The number of benzene rings is 1. The highest BCUT2D eigenvalue weighted by molar-refractivity contribution is 9.11. The second kappa shape index (κ2) is 11.4. The Hall–Kier alpha value is -0.140. The Kier molecular flexibility index (Phi) is 10.3. The minimum Gasteiger partial charge on any atom is -0.489 e. The molecule has 1 aromatic rings. The number of methoxy groups -OCH3 is 1. The molecule has 21 heavy (non-hydrogen) atoms. The summed E-state index contributed by atoms with van der Waals surface area (Å²) in [5, 5.41) is 3.30. The SMILES string of the molecule is CCNCc1cc(Br)c(OCCOCCCOC)c(Br)c1. The largest absolute Gasteiger partial charge is 0.489 e. The molecule has 0 atom stereocenters. The zero-order valence-corrected chi connectivity index (χ0v) is 15.8. The van der Waals surface area contributed by atoms with Gasteiger partial charge >= 0.3 is 0 Å². The number of rotatable bonds is 11. The molecule has 0 spiro atoms. The number of ether oxygens (including phenoxy) is 3. The summed E-state index contributed by atoms with van der Waals surface area (Å²) in [6.45, 7) is 6.41. The van der Waals surface area contributed by atoms with Crippen molar-refractivity contribution in [3.63, 3.8) is 0 Å². The smallest absolute Gasteiger partial charge is 0.147 e. The van der Waals surface area contributed by atoms with Crippen molar-refractivity contribution in [1.29, 1.82) is 0 Å². The van der Waals surface area contributed by atoms with Gasteiger partial charge in [0.25, 0.3) is 0 Å². The van der Waals surface area contributed by atoms with Crippen LogP contribution >= 0.6 is 31.9 Å². The van der Waals surface area contributed by atoms with Gasteiger partial charge in [-0.1, -0.05) is 6.92 Å². The molecule has 0 aliphatic carbocycles. The molecule has 0 heterocycles. The highest BCUT2D eigenvalue weighted by atomic mass is 79.9. The van der Waals surface area contributed by atoms with Crippen molar-refractivity contribution in [1.82, 2.24) is 5.32 Å². The summed E-state index contributed by atoms with van der Waals surface area (Å²) >= 11 is 7.11. The molecule has 120 valence electrons. The maximum atomic E-state index is 5.76. The molecular weight excluding hydrogens is 402 g/mol. The van der Waals surface area contributed by atoms with Crippen LogP contribution < -0.4 is 10.1 Å². The van der Waals surface area contributed by atoms with E-state index in [0.29, 0.717) is 19.8 Å². The van der Waals surface area contributed by atoms with Crippen LogP contribution in [0.25, 0.3) is 0 Å². The Morgan fingerprint density at radius 3 is 2.38 bits per heavy atom.